The van der Waals surface area contributed by atoms with Gasteiger partial charge < -0.3 is 15.0 Å². The molecule has 4 rings (SSSR count). The lowest BCUT2D eigenvalue weighted by atomic mass is 9.91. The van der Waals surface area contributed by atoms with Crippen molar-refractivity contribution in [3.8, 4) is 11.4 Å². The van der Waals surface area contributed by atoms with Gasteiger partial charge >= 0.3 is 0 Å². The maximum absolute atomic E-state index is 6.31. The predicted octanol–water partition coefficient (Wildman–Crippen LogP) is 4.48. The second-order valence-corrected chi connectivity index (χ2v) is 7.99. The minimum atomic E-state index is 0.499. The Balaban J connectivity index is 1.81. The fourth-order valence-corrected chi connectivity index (χ4v) is 4.59. The molecule has 1 saturated heterocycles. The molecule has 0 spiro atoms. The number of ether oxygens (including phenoxy) is 1. The van der Waals surface area contributed by atoms with E-state index in [-0.39, 0.29) is 0 Å². The summed E-state index contributed by atoms with van der Waals surface area (Å²) in [5.74, 6) is 2.41. The number of rotatable bonds is 4. The highest BCUT2D eigenvalue weighted by atomic mass is 35.5. The molecular weight excluding hydrogens is 360 g/mol. The molecule has 27 heavy (non-hydrogen) atoms. The molecular formula is C21H29ClN4O. The van der Waals surface area contributed by atoms with Gasteiger partial charge in [-0.2, -0.15) is 5.10 Å². The van der Waals surface area contributed by atoms with Crippen molar-refractivity contribution in [2.45, 2.75) is 44.9 Å². The average molecular weight is 389 g/mol. The van der Waals surface area contributed by atoms with Crippen LogP contribution in [0.2, 0.25) is 5.02 Å². The molecule has 2 aliphatic heterocycles. The number of fused-ring (bicyclic) bond motifs is 1. The zero-order valence-corrected chi connectivity index (χ0v) is 17.1. The SMILES string of the molecule is CCN1CCCC(c2nn(-c3cc(Cl)ccc3OC)c3c2CCCCN3)C1. The molecule has 1 atom stereocenters. The second kappa shape index (κ2) is 8.11. The lowest BCUT2D eigenvalue weighted by Gasteiger charge is -2.31. The number of benzene rings is 1. The summed E-state index contributed by atoms with van der Waals surface area (Å²) in [6.07, 6.45) is 5.94. The first kappa shape index (κ1) is 18.6. The molecule has 6 heteroatoms. The van der Waals surface area contributed by atoms with E-state index in [0.717, 1.165) is 43.3 Å². The Bertz CT molecular complexity index is 804. The number of hydrogen-bond acceptors (Lipinski definition) is 4. The van der Waals surface area contributed by atoms with Crippen molar-refractivity contribution in [3.05, 3.63) is 34.5 Å². The van der Waals surface area contributed by atoms with Crippen molar-refractivity contribution >= 4 is 17.4 Å². The molecule has 0 amide bonds. The molecule has 5 nitrogen and oxygen atoms in total. The van der Waals surface area contributed by atoms with Gasteiger partial charge in [0, 0.05) is 29.6 Å². The maximum Gasteiger partial charge on any atom is 0.144 e. The van der Waals surface area contributed by atoms with Gasteiger partial charge in [0.2, 0.25) is 0 Å². The molecule has 146 valence electrons. The van der Waals surface area contributed by atoms with Gasteiger partial charge in [-0.15, -0.1) is 0 Å². The van der Waals surface area contributed by atoms with Crippen LogP contribution >= 0.6 is 11.6 Å². The number of piperidine rings is 1. The summed E-state index contributed by atoms with van der Waals surface area (Å²) in [5.41, 5.74) is 3.56. The summed E-state index contributed by atoms with van der Waals surface area (Å²) in [6.45, 7) is 6.65. The van der Waals surface area contributed by atoms with Crippen molar-refractivity contribution in [3.63, 3.8) is 0 Å². The summed E-state index contributed by atoms with van der Waals surface area (Å²) < 4.78 is 7.64. The van der Waals surface area contributed by atoms with Crippen LogP contribution in [0.3, 0.4) is 0 Å². The number of nitrogens with one attached hydrogen (secondary N) is 1. The van der Waals surface area contributed by atoms with Crippen LogP contribution in [0.1, 0.15) is 49.8 Å². The zero-order valence-electron chi connectivity index (χ0n) is 16.3. The lowest BCUT2D eigenvalue weighted by molar-refractivity contribution is 0.215. The van der Waals surface area contributed by atoms with Crippen LogP contribution < -0.4 is 10.1 Å². The molecule has 0 bridgehead atoms. The van der Waals surface area contributed by atoms with Crippen LogP contribution in [0.25, 0.3) is 5.69 Å². The highest BCUT2D eigenvalue weighted by Crippen LogP contribution is 2.37. The van der Waals surface area contributed by atoms with Crippen molar-refractivity contribution in [2.75, 3.05) is 38.6 Å². The van der Waals surface area contributed by atoms with E-state index in [1.807, 2.05) is 22.9 Å². The summed E-state index contributed by atoms with van der Waals surface area (Å²) in [7, 11) is 1.70. The van der Waals surface area contributed by atoms with E-state index in [0.29, 0.717) is 10.9 Å². The predicted molar refractivity (Wildman–Crippen MR) is 111 cm³/mol. The van der Waals surface area contributed by atoms with E-state index in [2.05, 4.69) is 17.1 Å². The third-order valence-electron chi connectivity index (χ3n) is 5.87. The van der Waals surface area contributed by atoms with E-state index >= 15 is 0 Å². The largest absolute Gasteiger partial charge is 0.494 e. The van der Waals surface area contributed by atoms with Crippen molar-refractivity contribution in [1.29, 1.82) is 0 Å². The summed E-state index contributed by atoms with van der Waals surface area (Å²) >= 11 is 6.31. The number of hydrogen-bond donors (Lipinski definition) is 1. The highest BCUT2D eigenvalue weighted by Gasteiger charge is 2.29. The molecule has 2 aliphatic rings. The van der Waals surface area contributed by atoms with E-state index in [1.54, 1.807) is 7.11 Å². The van der Waals surface area contributed by atoms with E-state index in [9.17, 15) is 0 Å². The normalized spacial score (nSPS) is 20.6. The van der Waals surface area contributed by atoms with Crippen molar-refractivity contribution < 1.29 is 4.74 Å². The molecule has 0 saturated carbocycles. The first-order valence-corrected chi connectivity index (χ1v) is 10.5. The molecule has 1 aromatic carbocycles. The lowest BCUT2D eigenvalue weighted by Crippen LogP contribution is -2.34. The third kappa shape index (κ3) is 3.67. The van der Waals surface area contributed by atoms with Gasteiger partial charge in [-0.25, -0.2) is 4.68 Å². The number of anilines is 1. The molecule has 1 unspecified atom stereocenters. The van der Waals surface area contributed by atoms with E-state index < -0.39 is 0 Å². The topological polar surface area (TPSA) is 42.3 Å². The number of methoxy groups -OCH3 is 1. The first-order valence-electron chi connectivity index (χ1n) is 10.1. The van der Waals surface area contributed by atoms with Gasteiger partial charge in [0.15, 0.2) is 0 Å². The Kier molecular flexibility index (Phi) is 5.60. The second-order valence-electron chi connectivity index (χ2n) is 7.56. The van der Waals surface area contributed by atoms with Crippen LogP contribution in [-0.4, -0.2) is 48.0 Å². The molecule has 0 radical (unpaired) electrons. The van der Waals surface area contributed by atoms with E-state index in [4.69, 9.17) is 21.4 Å². The smallest absolute Gasteiger partial charge is 0.144 e. The fourth-order valence-electron chi connectivity index (χ4n) is 4.43. The van der Waals surface area contributed by atoms with E-state index in [1.165, 1.54) is 43.5 Å². The van der Waals surface area contributed by atoms with Crippen LogP contribution in [0.15, 0.2) is 18.2 Å². The number of nitrogens with zero attached hydrogens (tertiary/aromatic N) is 3. The standard InChI is InChI=1S/C21H29ClN4O/c1-3-25-12-6-7-15(14-25)20-17-8-4-5-11-23-21(17)26(24-20)18-13-16(22)9-10-19(18)27-2/h9-10,13,15,23H,3-8,11-12,14H2,1-2H3. The highest BCUT2D eigenvalue weighted by molar-refractivity contribution is 6.30. The number of aromatic nitrogens is 2. The van der Waals surface area contributed by atoms with Crippen molar-refractivity contribution in [1.82, 2.24) is 14.7 Å². The zero-order chi connectivity index (χ0) is 18.8. The van der Waals surface area contributed by atoms with Crippen LogP contribution in [0.5, 0.6) is 5.75 Å². The molecule has 1 N–H and O–H groups in total. The maximum atomic E-state index is 6.31. The molecule has 1 aromatic heterocycles. The van der Waals surface area contributed by atoms with Gasteiger partial charge in [0.1, 0.15) is 17.3 Å². The summed E-state index contributed by atoms with van der Waals surface area (Å²) in [6, 6.07) is 5.73. The van der Waals surface area contributed by atoms with Gasteiger partial charge in [-0.1, -0.05) is 18.5 Å². The van der Waals surface area contributed by atoms with Crippen LogP contribution in [0.4, 0.5) is 5.82 Å². The van der Waals surface area contributed by atoms with Gasteiger partial charge in [-0.3, -0.25) is 0 Å². The number of halogens is 1. The van der Waals surface area contributed by atoms with Gasteiger partial charge in [0.05, 0.1) is 12.8 Å². The van der Waals surface area contributed by atoms with Crippen molar-refractivity contribution in [2.24, 2.45) is 0 Å². The molecule has 0 aliphatic carbocycles. The van der Waals surface area contributed by atoms with Crippen LogP contribution in [0, 0.1) is 0 Å². The monoisotopic (exact) mass is 388 g/mol. The third-order valence-corrected chi connectivity index (χ3v) is 6.10. The van der Waals surface area contributed by atoms with Gasteiger partial charge in [0.25, 0.3) is 0 Å². The quantitative estimate of drug-likeness (QED) is 0.838. The molecule has 2 aromatic rings. The Morgan fingerprint density at radius 2 is 2.19 bits per heavy atom. The Hall–Kier alpha value is -1.72. The first-order chi connectivity index (χ1) is 13.2. The Labute approximate surface area is 166 Å². The van der Waals surface area contributed by atoms with Gasteiger partial charge in [-0.05, 0) is 63.4 Å². The minimum absolute atomic E-state index is 0.499. The van der Waals surface area contributed by atoms with Crippen LogP contribution in [-0.2, 0) is 6.42 Å². The number of likely N-dealkylation sites (N-methyl/N-ethyl adjacent to an activating group) is 1. The Morgan fingerprint density at radius 1 is 1.30 bits per heavy atom. The summed E-state index contributed by atoms with van der Waals surface area (Å²) in [5, 5.41) is 9.47. The minimum Gasteiger partial charge on any atom is -0.494 e. The Morgan fingerprint density at radius 3 is 3.00 bits per heavy atom. The average Bonchev–Trinajstić information content (AvgIpc) is 2.88. The number of likely N-dealkylation sites (tertiary alicyclic amines) is 1. The molecule has 1 fully saturated rings. The summed E-state index contributed by atoms with van der Waals surface area (Å²) in [4.78, 5) is 2.55. The molecule has 3 heterocycles. The fraction of sp³-hybridized carbons (Fsp3) is 0.571.